The van der Waals surface area contributed by atoms with Crippen molar-refractivity contribution in [3.63, 3.8) is 0 Å². The Morgan fingerprint density at radius 1 is 1.33 bits per heavy atom. The zero-order valence-electron chi connectivity index (χ0n) is 14.3. The largest absolute Gasteiger partial charge is 0.348 e. The molecule has 1 fully saturated rings. The lowest BCUT2D eigenvalue weighted by Gasteiger charge is -2.34. The minimum Gasteiger partial charge on any atom is -0.348 e. The maximum Gasteiger partial charge on any atom is 0.234 e. The molecule has 0 aromatic carbocycles. The Bertz CT molecular complexity index is 646. The first kappa shape index (κ1) is 17.1. The van der Waals surface area contributed by atoms with Gasteiger partial charge >= 0.3 is 0 Å². The second kappa shape index (κ2) is 7.92. The maximum absolute atomic E-state index is 12.2. The molecule has 0 spiro atoms. The van der Waals surface area contributed by atoms with Gasteiger partial charge in [-0.1, -0.05) is 6.07 Å². The number of hydrogen-bond acceptors (Lipinski definition) is 5. The van der Waals surface area contributed by atoms with Gasteiger partial charge in [0.15, 0.2) is 0 Å². The number of aryl methyl sites for hydroxylation is 1. The Labute approximate surface area is 147 Å². The number of hydrogen-bond donors (Lipinski definition) is 1. The van der Waals surface area contributed by atoms with Crippen molar-refractivity contribution in [2.75, 3.05) is 32.7 Å². The topological polar surface area (TPSA) is 53.4 Å². The average molecular weight is 347 g/mol. The molecule has 130 valence electrons. The number of nitrogens with zero attached hydrogens (tertiary/aromatic N) is 4. The minimum absolute atomic E-state index is 0.0854. The number of piperazine rings is 1. The van der Waals surface area contributed by atoms with Gasteiger partial charge in [0.05, 0.1) is 19.1 Å². The molecule has 24 heavy (non-hydrogen) atoms. The molecule has 0 aliphatic carbocycles. The summed E-state index contributed by atoms with van der Waals surface area (Å²) in [5.41, 5.74) is 0. The van der Waals surface area contributed by atoms with Crippen molar-refractivity contribution in [1.29, 1.82) is 0 Å². The van der Waals surface area contributed by atoms with Gasteiger partial charge in [-0.2, -0.15) is 0 Å². The second-order valence-corrected chi connectivity index (χ2v) is 7.29. The fourth-order valence-corrected chi connectivity index (χ4v) is 3.69. The van der Waals surface area contributed by atoms with Crippen molar-refractivity contribution < 1.29 is 4.79 Å². The van der Waals surface area contributed by atoms with Gasteiger partial charge in [0.2, 0.25) is 5.91 Å². The van der Waals surface area contributed by atoms with E-state index in [4.69, 9.17) is 0 Å². The quantitative estimate of drug-likeness (QED) is 0.860. The van der Waals surface area contributed by atoms with E-state index in [1.165, 1.54) is 4.88 Å². The smallest absolute Gasteiger partial charge is 0.234 e. The highest BCUT2D eigenvalue weighted by molar-refractivity contribution is 7.10. The van der Waals surface area contributed by atoms with Gasteiger partial charge in [-0.3, -0.25) is 14.6 Å². The molecule has 2 aromatic rings. The average Bonchev–Trinajstić information content (AvgIpc) is 3.22. The van der Waals surface area contributed by atoms with Crippen molar-refractivity contribution in [2.24, 2.45) is 7.05 Å². The second-order valence-electron chi connectivity index (χ2n) is 6.31. The first-order valence-corrected chi connectivity index (χ1v) is 9.23. The highest BCUT2D eigenvalue weighted by atomic mass is 32.1. The van der Waals surface area contributed by atoms with Crippen LogP contribution >= 0.6 is 11.3 Å². The highest BCUT2D eigenvalue weighted by Crippen LogP contribution is 2.18. The van der Waals surface area contributed by atoms with E-state index >= 15 is 0 Å². The Kier molecular flexibility index (Phi) is 5.65. The molecule has 6 nitrogen and oxygen atoms in total. The molecule has 2 aromatic heterocycles. The molecule has 0 bridgehead atoms. The van der Waals surface area contributed by atoms with Crippen LogP contribution in [0.4, 0.5) is 0 Å². The Morgan fingerprint density at radius 2 is 2.08 bits per heavy atom. The van der Waals surface area contributed by atoms with Crippen LogP contribution in [0.25, 0.3) is 0 Å². The molecule has 0 radical (unpaired) electrons. The molecule has 7 heteroatoms. The van der Waals surface area contributed by atoms with Crippen LogP contribution in [-0.2, 0) is 18.4 Å². The maximum atomic E-state index is 12.2. The monoisotopic (exact) mass is 347 g/mol. The van der Waals surface area contributed by atoms with Crippen LogP contribution in [0, 0.1) is 0 Å². The molecular formula is C17H25N5OS. The Balaban J connectivity index is 1.40. The van der Waals surface area contributed by atoms with E-state index in [1.54, 1.807) is 11.3 Å². The number of aromatic nitrogens is 2. The number of carbonyl (C=O) groups is 1. The Hall–Kier alpha value is -1.70. The van der Waals surface area contributed by atoms with Gasteiger partial charge in [0.1, 0.15) is 5.82 Å². The summed E-state index contributed by atoms with van der Waals surface area (Å²) in [7, 11) is 2.03. The van der Waals surface area contributed by atoms with Crippen molar-refractivity contribution >= 4 is 17.2 Å². The predicted molar refractivity (Wildman–Crippen MR) is 95.8 cm³/mol. The molecule has 0 unspecified atom stereocenters. The van der Waals surface area contributed by atoms with Gasteiger partial charge in [0, 0.05) is 50.5 Å². The fourth-order valence-electron chi connectivity index (χ4n) is 2.95. The number of nitrogens with one attached hydrogen (secondary N) is 1. The molecule has 1 aliphatic rings. The van der Waals surface area contributed by atoms with Crippen LogP contribution in [-0.4, -0.2) is 58.0 Å². The van der Waals surface area contributed by atoms with Crippen molar-refractivity contribution in [1.82, 2.24) is 24.7 Å². The number of amides is 1. The number of imidazole rings is 1. The molecule has 1 aliphatic heterocycles. The molecule has 1 atom stereocenters. The van der Waals surface area contributed by atoms with Crippen LogP contribution in [0.3, 0.4) is 0 Å². The molecule has 1 amide bonds. The van der Waals surface area contributed by atoms with Crippen molar-refractivity contribution in [3.8, 4) is 0 Å². The first-order chi connectivity index (χ1) is 11.6. The van der Waals surface area contributed by atoms with Crippen LogP contribution in [0.2, 0.25) is 0 Å². The van der Waals surface area contributed by atoms with E-state index in [1.807, 2.05) is 37.8 Å². The highest BCUT2D eigenvalue weighted by Gasteiger charge is 2.20. The van der Waals surface area contributed by atoms with E-state index in [2.05, 4.69) is 30.7 Å². The van der Waals surface area contributed by atoms with E-state index in [-0.39, 0.29) is 11.9 Å². The number of thiophene rings is 1. The summed E-state index contributed by atoms with van der Waals surface area (Å²) in [5.74, 6) is 1.19. The van der Waals surface area contributed by atoms with Gasteiger partial charge < -0.3 is 9.88 Å². The zero-order valence-corrected chi connectivity index (χ0v) is 15.1. The summed E-state index contributed by atoms with van der Waals surface area (Å²) in [6, 6.07) is 4.16. The van der Waals surface area contributed by atoms with Gasteiger partial charge in [-0.05, 0) is 18.4 Å². The zero-order chi connectivity index (χ0) is 16.9. The van der Waals surface area contributed by atoms with E-state index in [0.717, 1.165) is 38.5 Å². The SMILES string of the molecule is C[C@H](NC(=O)CN1CCN(Cc2nccn2C)CC1)c1cccs1. The normalized spacial score (nSPS) is 17.8. The molecule has 3 heterocycles. The van der Waals surface area contributed by atoms with Gasteiger partial charge in [-0.15, -0.1) is 11.3 Å². The lowest BCUT2D eigenvalue weighted by Crippen LogP contribution is -2.49. The summed E-state index contributed by atoms with van der Waals surface area (Å²) < 4.78 is 2.06. The molecule has 1 N–H and O–H groups in total. The fraction of sp³-hybridized carbons (Fsp3) is 0.529. The summed E-state index contributed by atoms with van der Waals surface area (Å²) in [6.07, 6.45) is 3.81. The molecule has 3 rings (SSSR count). The third-order valence-electron chi connectivity index (χ3n) is 4.47. The van der Waals surface area contributed by atoms with E-state index in [9.17, 15) is 4.79 Å². The summed E-state index contributed by atoms with van der Waals surface area (Å²) >= 11 is 1.68. The lowest BCUT2D eigenvalue weighted by atomic mass is 10.2. The predicted octanol–water partition coefficient (Wildman–Crippen LogP) is 1.48. The Morgan fingerprint density at radius 3 is 2.71 bits per heavy atom. The van der Waals surface area contributed by atoms with Crippen LogP contribution in [0.1, 0.15) is 23.7 Å². The van der Waals surface area contributed by atoms with Crippen LogP contribution in [0.5, 0.6) is 0 Å². The molecule has 1 saturated heterocycles. The standard InChI is InChI=1S/C17H25N5OS/c1-14(15-4-3-11-24-15)19-17(23)13-22-9-7-21(8-10-22)12-16-18-5-6-20(16)2/h3-6,11,14H,7-10,12-13H2,1-2H3,(H,19,23)/t14-/m0/s1. The third-order valence-corrected chi connectivity index (χ3v) is 5.52. The van der Waals surface area contributed by atoms with Gasteiger partial charge in [-0.25, -0.2) is 4.98 Å². The van der Waals surface area contributed by atoms with Crippen LogP contribution in [0.15, 0.2) is 29.9 Å². The lowest BCUT2D eigenvalue weighted by molar-refractivity contribution is -0.123. The van der Waals surface area contributed by atoms with Crippen LogP contribution < -0.4 is 5.32 Å². The number of rotatable bonds is 6. The summed E-state index contributed by atoms with van der Waals surface area (Å²) in [6.45, 7) is 7.18. The first-order valence-electron chi connectivity index (χ1n) is 8.35. The van der Waals surface area contributed by atoms with Crippen molar-refractivity contribution in [2.45, 2.75) is 19.5 Å². The van der Waals surface area contributed by atoms with Gasteiger partial charge in [0.25, 0.3) is 0 Å². The van der Waals surface area contributed by atoms with E-state index in [0.29, 0.717) is 6.54 Å². The summed E-state index contributed by atoms with van der Waals surface area (Å²) in [4.78, 5) is 22.4. The minimum atomic E-state index is 0.0854. The van der Waals surface area contributed by atoms with E-state index < -0.39 is 0 Å². The third kappa shape index (κ3) is 4.43. The molecule has 0 saturated carbocycles. The molecular weight excluding hydrogens is 322 g/mol. The van der Waals surface area contributed by atoms with Crippen molar-refractivity contribution in [3.05, 3.63) is 40.6 Å². The number of carbonyl (C=O) groups excluding carboxylic acids is 1. The summed E-state index contributed by atoms with van der Waals surface area (Å²) in [5, 5.41) is 5.13.